The average molecular weight is 515 g/mol. The van der Waals surface area contributed by atoms with Gasteiger partial charge in [-0.15, -0.1) is 0 Å². The first-order valence-electron chi connectivity index (χ1n) is 11.3. The number of nitrogens with one attached hydrogen (secondary N) is 3. The summed E-state index contributed by atoms with van der Waals surface area (Å²) in [5, 5.41) is 8.29. The lowest BCUT2D eigenvalue weighted by atomic mass is 9.97. The third kappa shape index (κ3) is 6.98. The number of aliphatic imine (C=N–C) groups is 2. The molecule has 3 N–H and O–H groups in total. The van der Waals surface area contributed by atoms with Crippen molar-refractivity contribution in [3.8, 4) is 5.75 Å². The fourth-order valence-corrected chi connectivity index (χ4v) is 3.76. The molecule has 11 heteroatoms. The van der Waals surface area contributed by atoms with Gasteiger partial charge in [0.25, 0.3) is 0 Å². The van der Waals surface area contributed by atoms with Crippen LogP contribution in [0.2, 0.25) is 0 Å². The van der Waals surface area contributed by atoms with E-state index in [9.17, 15) is 18.0 Å². The molecule has 0 saturated heterocycles. The minimum absolute atomic E-state index is 0.117. The number of amides is 1. The quantitative estimate of drug-likeness (QED) is 0.269. The Morgan fingerprint density at radius 3 is 2.46 bits per heavy atom. The summed E-state index contributed by atoms with van der Waals surface area (Å²) < 4.78 is 46.6. The highest BCUT2D eigenvalue weighted by Gasteiger charge is 2.33. The molecule has 0 fully saturated rings. The number of benzene rings is 2. The largest absolute Gasteiger partial charge is 0.496 e. The van der Waals surface area contributed by atoms with E-state index >= 15 is 0 Å². The fraction of sp³-hybridized carbons (Fsp3) is 0.269. The van der Waals surface area contributed by atoms with Crippen molar-refractivity contribution in [3.05, 3.63) is 71.6 Å². The van der Waals surface area contributed by atoms with Crippen molar-refractivity contribution in [1.29, 1.82) is 0 Å². The number of allylic oxidation sites excluding steroid dienone is 1. The minimum Gasteiger partial charge on any atom is -0.496 e. The molecule has 37 heavy (non-hydrogen) atoms. The van der Waals surface area contributed by atoms with Gasteiger partial charge in [0.15, 0.2) is 0 Å². The number of nitrogens with zero attached hydrogens (tertiary/aromatic N) is 3. The molecule has 0 unspecified atom stereocenters. The number of anilines is 3. The van der Waals surface area contributed by atoms with E-state index in [1.807, 2.05) is 7.05 Å². The van der Waals surface area contributed by atoms with E-state index in [4.69, 9.17) is 4.74 Å². The number of fused-ring (bicyclic) bond motifs is 1. The van der Waals surface area contributed by atoms with Gasteiger partial charge in [-0.3, -0.25) is 4.79 Å². The number of rotatable bonds is 7. The van der Waals surface area contributed by atoms with Gasteiger partial charge in [0.1, 0.15) is 11.6 Å². The molecule has 196 valence electrons. The molecule has 0 saturated carbocycles. The van der Waals surface area contributed by atoms with Gasteiger partial charge in [0.05, 0.1) is 12.7 Å². The summed E-state index contributed by atoms with van der Waals surface area (Å²) >= 11 is 0. The van der Waals surface area contributed by atoms with Crippen molar-refractivity contribution in [2.24, 2.45) is 9.98 Å². The maximum Gasteiger partial charge on any atom is 0.415 e. The molecule has 0 atom stereocenters. The number of likely N-dealkylation sites (N-methyl/N-ethyl adjacent to an activating group) is 1. The number of carbonyl (C=O) groups is 1. The third-order valence-electron chi connectivity index (χ3n) is 5.75. The zero-order valence-electron chi connectivity index (χ0n) is 20.9. The molecule has 1 amide bonds. The zero-order chi connectivity index (χ0) is 27.2. The highest BCUT2D eigenvalue weighted by molar-refractivity contribution is 5.99. The van der Waals surface area contributed by atoms with Gasteiger partial charge in [-0.25, -0.2) is 4.99 Å². The van der Waals surface area contributed by atoms with Crippen molar-refractivity contribution >= 4 is 35.6 Å². The second-order valence-corrected chi connectivity index (χ2v) is 8.35. The topological polar surface area (TPSA) is 90.3 Å². The molecule has 3 rings (SSSR count). The van der Waals surface area contributed by atoms with Crippen LogP contribution in [-0.2, 0) is 17.8 Å². The number of guanidine groups is 1. The van der Waals surface area contributed by atoms with Gasteiger partial charge < -0.3 is 25.6 Å². The zero-order valence-corrected chi connectivity index (χ0v) is 20.9. The van der Waals surface area contributed by atoms with E-state index < -0.39 is 23.5 Å². The molecule has 2 aromatic carbocycles. The average Bonchev–Trinajstić information content (AvgIpc) is 2.86. The lowest BCUT2D eigenvalue weighted by Gasteiger charge is -2.28. The van der Waals surface area contributed by atoms with Crippen LogP contribution in [0.5, 0.6) is 5.75 Å². The second kappa shape index (κ2) is 11.7. The van der Waals surface area contributed by atoms with Crippen LogP contribution in [0.1, 0.15) is 18.1 Å². The molecule has 0 bridgehead atoms. The Balaban J connectivity index is 1.98. The molecule has 2 aromatic rings. The maximum atomic E-state index is 13.7. The van der Waals surface area contributed by atoms with Crippen LogP contribution >= 0.6 is 0 Å². The minimum atomic E-state index is -4.66. The van der Waals surface area contributed by atoms with Crippen LogP contribution in [0.15, 0.2) is 70.4 Å². The highest BCUT2D eigenvalue weighted by Crippen LogP contribution is 2.34. The number of ether oxygens (including phenoxy) is 1. The Bertz CT molecular complexity index is 1250. The van der Waals surface area contributed by atoms with Crippen molar-refractivity contribution in [2.45, 2.75) is 26.1 Å². The van der Waals surface area contributed by atoms with Crippen LogP contribution in [0.4, 0.5) is 30.2 Å². The predicted molar refractivity (Wildman–Crippen MR) is 141 cm³/mol. The molecule has 1 aliphatic heterocycles. The number of methoxy groups -OCH3 is 1. The Hall–Kier alpha value is -4.12. The van der Waals surface area contributed by atoms with Crippen LogP contribution in [0, 0.1) is 0 Å². The predicted octanol–water partition coefficient (Wildman–Crippen LogP) is 5.18. The smallest absolute Gasteiger partial charge is 0.415 e. The van der Waals surface area contributed by atoms with Crippen LogP contribution in [0.3, 0.4) is 0 Å². The summed E-state index contributed by atoms with van der Waals surface area (Å²) in [5.41, 5.74) is 2.31. The van der Waals surface area contributed by atoms with Crippen molar-refractivity contribution in [2.75, 3.05) is 36.7 Å². The Morgan fingerprint density at radius 2 is 1.84 bits per heavy atom. The summed E-state index contributed by atoms with van der Waals surface area (Å²) in [6.07, 6.45) is -2.86. The number of alkyl halides is 3. The number of halogens is 3. The Morgan fingerprint density at radius 1 is 1.14 bits per heavy atom. The first-order valence-corrected chi connectivity index (χ1v) is 11.3. The normalized spacial score (nSPS) is 14.7. The van der Waals surface area contributed by atoms with E-state index in [1.54, 1.807) is 37.4 Å². The maximum absolute atomic E-state index is 13.7. The van der Waals surface area contributed by atoms with Gasteiger partial charge in [0.2, 0.25) is 11.9 Å². The summed E-state index contributed by atoms with van der Waals surface area (Å²) in [7, 11) is 3.59. The lowest BCUT2D eigenvalue weighted by molar-refractivity contribution is -0.111. The molecule has 0 spiro atoms. The molecule has 1 aliphatic rings. The fourth-order valence-electron chi connectivity index (χ4n) is 3.76. The monoisotopic (exact) mass is 514 g/mol. The summed E-state index contributed by atoms with van der Waals surface area (Å²) in [5.74, 6) is -0.310. The van der Waals surface area contributed by atoms with Gasteiger partial charge in [-0.1, -0.05) is 12.6 Å². The molecular formula is C26H29F3N6O2. The SMILES string of the molecule is C=CC(=O)Nc1cccc(NC(/N=C(\N=C)Nc2ccc(OC)c3c2CCN(C)C3)=C(/C)C(F)(F)F)c1. The molecular weight excluding hydrogens is 485 g/mol. The Labute approximate surface area is 213 Å². The van der Waals surface area contributed by atoms with Crippen molar-refractivity contribution < 1.29 is 22.7 Å². The standard InChI is InChI=1S/C26H29F3N6O2/c1-6-23(36)31-17-8-7-9-18(14-17)32-24(16(2)26(27,28)29)34-25(30-3)33-21-10-11-22(37-5)20-15-35(4)13-12-19(20)21/h6-11,14,32H,1,3,12-13,15H2,2,4-5H3,(H,31,36)(H,33,34)/b24-16+. The first-order chi connectivity index (χ1) is 17.5. The van der Waals surface area contributed by atoms with Gasteiger partial charge in [0, 0.05) is 35.7 Å². The van der Waals surface area contributed by atoms with Gasteiger partial charge in [-0.2, -0.15) is 18.2 Å². The molecule has 0 aromatic heterocycles. The van der Waals surface area contributed by atoms with Crippen LogP contribution < -0.4 is 20.7 Å². The number of hydrogen-bond donors (Lipinski definition) is 3. The van der Waals surface area contributed by atoms with E-state index in [0.29, 0.717) is 24.3 Å². The number of carbonyl (C=O) groups excluding carboxylic acids is 1. The number of hydrogen-bond acceptors (Lipinski definition) is 5. The molecule has 1 heterocycles. The highest BCUT2D eigenvalue weighted by atomic mass is 19.4. The molecule has 0 radical (unpaired) electrons. The molecule has 0 aliphatic carbocycles. The van der Waals surface area contributed by atoms with Crippen molar-refractivity contribution in [1.82, 2.24) is 4.90 Å². The van der Waals surface area contributed by atoms with E-state index in [0.717, 1.165) is 36.4 Å². The van der Waals surface area contributed by atoms with Gasteiger partial charge in [-0.05, 0) is 69.1 Å². The summed E-state index contributed by atoms with van der Waals surface area (Å²) in [4.78, 5) is 21.7. The van der Waals surface area contributed by atoms with E-state index in [1.165, 1.54) is 6.07 Å². The van der Waals surface area contributed by atoms with E-state index in [-0.39, 0.29) is 11.6 Å². The summed E-state index contributed by atoms with van der Waals surface area (Å²) in [6.45, 7) is 9.26. The van der Waals surface area contributed by atoms with E-state index in [2.05, 4.69) is 44.1 Å². The second-order valence-electron chi connectivity index (χ2n) is 8.35. The van der Waals surface area contributed by atoms with Crippen molar-refractivity contribution in [3.63, 3.8) is 0 Å². The molecule has 8 nitrogen and oxygen atoms in total. The summed E-state index contributed by atoms with van der Waals surface area (Å²) in [6, 6.07) is 9.77. The van der Waals surface area contributed by atoms with Crippen LogP contribution in [0.25, 0.3) is 0 Å². The third-order valence-corrected chi connectivity index (χ3v) is 5.75. The van der Waals surface area contributed by atoms with Gasteiger partial charge >= 0.3 is 6.18 Å². The van der Waals surface area contributed by atoms with Crippen LogP contribution in [-0.4, -0.2) is 50.4 Å². The first kappa shape index (κ1) is 27.5. The lowest BCUT2D eigenvalue weighted by Crippen LogP contribution is -2.28. The Kier molecular flexibility index (Phi) is 8.72.